The first-order valence-electron chi connectivity index (χ1n) is 7.59. The van der Waals surface area contributed by atoms with Gasteiger partial charge in [-0.2, -0.15) is 0 Å². The Balaban J connectivity index is 1.81. The number of fused-ring (bicyclic) bond motifs is 2. The normalized spacial score (nSPS) is 12.4. The maximum Gasteiger partial charge on any atom is 0.348 e. The molecule has 0 saturated heterocycles. The Hall–Kier alpha value is -2.87. The zero-order valence-corrected chi connectivity index (χ0v) is 14.7. The van der Waals surface area contributed by atoms with Crippen LogP contribution in [0.4, 0.5) is 11.5 Å². The summed E-state index contributed by atoms with van der Waals surface area (Å²) in [5, 5.41) is 4.11. The summed E-state index contributed by atoms with van der Waals surface area (Å²) in [7, 11) is 1.37. The number of ether oxygens (including phenoxy) is 3. The molecule has 4 rings (SSSR count). The number of hydrogen-bond donors (Lipinski definition) is 1. The van der Waals surface area contributed by atoms with Gasteiger partial charge in [-0.1, -0.05) is 0 Å². The minimum absolute atomic E-state index is 0.224. The van der Waals surface area contributed by atoms with Crippen molar-refractivity contribution in [3.8, 4) is 11.5 Å². The highest BCUT2D eigenvalue weighted by Crippen LogP contribution is 2.38. The van der Waals surface area contributed by atoms with Crippen molar-refractivity contribution in [2.24, 2.45) is 0 Å². The Labute approximate surface area is 147 Å². The van der Waals surface area contributed by atoms with E-state index in [4.69, 9.17) is 14.2 Å². The van der Waals surface area contributed by atoms with E-state index >= 15 is 0 Å². The molecule has 2 aromatic heterocycles. The molecular formula is C17H15N3O4S. The second-order valence-corrected chi connectivity index (χ2v) is 6.54. The molecule has 128 valence electrons. The van der Waals surface area contributed by atoms with Gasteiger partial charge in [-0.3, -0.25) is 0 Å². The molecule has 0 aliphatic carbocycles. The van der Waals surface area contributed by atoms with E-state index in [9.17, 15) is 4.79 Å². The fraction of sp³-hybridized carbons (Fsp3) is 0.235. The van der Waals surface area contributed by atoms with Gasteiger partial charge in [-0.05, 0) is 31.5 Å². The van der Waals surface area contributed by atoms with Crippen LogP contribution in [0.5, 0.6) is 11.5 Å². The lowest BCUT2D eigenvalue weighted by Gasteiger charge is -2.09. The van der Waals surface area contributed by atoms with Gasteiger partial charge in [0.25, 0.3) is 0 Å². The van der Waals surface area contributed by atoms with E-state index in [0.29, 0.717) is 28.0 Å². The van der Waals surface area contributed by atoms with E-state index in [-0.39, 0.29) is 12.8 Å². The van der Waals surface area contributed by atoms with Crippen LogP contribution in [0.1, 0.15) is 21.1 Å². The van der Waals surface area contributed by atoms with Gasteiger partial charge >= 0.3 is 5.97 Å². The van der Waals surface area contributed by atoms with Gasteiger partial charge in [0, 0.05) is 11.8 Å². The number of nitrogens with zero attached hydrogens (tertiary/aromatic N) is 2. The predicted molar refractivity (Wildman–Crippen MR) is 94.1 cm³/mol. The summed E-state index contributed by atoms with van der Waals surface area (Å²) in [6.45, 7) is 3.91. The molecule has 8 heteroatoms. The monoisotopic (exact) mass is 357 g/mol. The van der Waals surface area contributed by atoms with Crippen LogP contribution in [0.25, 0.3) is 10.2 Å². The zero-order valence-electron chi connectivity index (χ0n) is 13.9. The maximum absolute atomic E-state index is 12.0. The third kappa shape index (κ3) is 2.64. The lowest BCUT2D eigenvalue weighted by atomic mass is 10.2. The van der Waals surface area contributed by atoms with Crippen molar-refractivity contribution >= 4 is 39.0 Å². The average molecular weight is 357 g/mol. The van der Waals surface area contributed by atoms with Crippen molar-refractivity contribution in [3.05, 3.63) is 34.5 Å². The number of aryl methyl sites for hydroxylation is 2. The molecule has 1 aliphatic rings. The van der Waals surface area contributed by atoms with Gasteiger partial charge in [0.05, 0.1) is 12.5 Å². The van der Waals surface area contributed by atoms with Crippen molar-refractivity contribution in [3.63, 3.8) is 0 Å². The third-order valence-electron chi connectivity index (χ3n) is 3.91. The molecule has 25 heavy (non-hydrogen) atoms. The third-order valence-corrected chi connectivity index (χ3v) is 5.07. The summed E-state index contributed by atoms with van der Waals surface area (Å²) in [6.07, 6.45) is 0. The topological polar surface area (TPSA) is 82.6 Å². The number of nitrogens with one attached hydrogen (secondary N) is 1. The second-order valence-electron chi connectivity index (χ2n) is 5.54. The zero-order chi connectivity index (χ0) is 17.6. The first-order valence-corrected chi connectivity index (χ1v) is 8.41. The average Bonchev–Trinajstić information content (AvgIpc) is 3.18. The highest BCUT2D eigenvalue weighted by Gasteiger charge is 2.21. The van der Waals surface area contributed by atoms with E-state index < -0.39 is 0 Å². The molecule has 1 aliphatic heterocycles. The molecule has 0 bridgehead atoms. The number of benzene rings is 1. The SMILES string of the molecule is COC(=O)c1sc2nc(C)nc(Nc3ccc4c(c3)OCO4)c2c1C. The van der Waals surface area contributed by atoms with Gasteiger partial charge in [0.15, 0.2) is 11.5 Å². The molecule has 0 amide bonds. The summed E-state index contributed by atoms with van der Waals surface area (Å²) in [5.74, 6) is 2.30. The number of aromatic nitrogens is 2. The number of carbonyl (C=O) groups excluding carboxylic acids is 1. The molecule has 0 radical (unpaired) electrons. The number of rotatable bonds is 3. The number of hydrogen-bond acceptors (Lipinski definition) is 8. The van der Waals surface area contributed by atoms with Crippen LogP contribution in [0, 0.1) is 13.8 Å². The molecule has 3 aromatic rings. The lowest BCUT2D eigenvalue weighted by molar-refractivity contribution is 0.0605. The van der Waals surface area contributed by atoms with Gasteiger partial charge in [-0.15, -0.1) is 11.3 Å². The maximum atomic E-state index is 12.0. The van der Waals surface area contributed by atoms with Crippen LogP contribution in [0.2, 0.25) is 0 Å². The molecule has 0 unspecified atom stereocenters. The van der Waals surface area contributed by atoms with E-state index in [1.54, 1.807) is 0 Å². The van der Waals surface area contributed by atoms with Crippen LogP contribution < -0.4 is 14.8 Å². The van der Waals surface area contributed by atoms with Crippen LogP contribution in [0.3, 0.4) is 0 Å². The van der Waals surface area contributed by atoms with E-state index in [1.165, 1.54) is 18.4 Å². The van der Waals surface area contributed by atoms with Crippen molar-refractivity contribution in [1.82, 2.24) is 9.97 Å². The van der Waals surface area contributed by atoms with Crippen molar-refractivity contribution in [2.75, 3.05) is 19.2 Å². The molecule has 7 nitrogen and oxygen atoms in total. The molecule has 1 N–H and O–H groups in total. The fourth-order valence-electron chi connectivity index (χ4n) is 2.73. The highest BCUT2D eigenvalue weighted by molar-refractivity contribution is 7.20. The Morgan fingerprint density at radius 1 is 1.24 bits per heavy atom. The predicted octanol–water partition coefficient (Wildman–Crippen LogP) is 3.57. The summed E-state index contributed by atoms with van der Waals surface area (Å²) in [4.78, 5) is 22.2. The standard InChI is InChI=1S/C17H15N3O4S/c1-8-13-15(20-10-4-5-11-12(6-10)24-7-23-11)18-9(2)19-16(13)25-14(8)17(21)22-3/h4-6H,7H2,1-3H3,(H,18,19,20). The minimum Gasteiger partial charge on any atom is -0.465 e. The highest BCUT2D eigenvalue weighted by atomic mass is 32.1. The number of thiophene rings is 1. The minimum atomic E-state index is -0.368. The number of methoxy groups -OCH3 is 1. The van der Waals surface area contributed by atoms with E-state index in [1.807, 2.05) is 32.0 Å². The van der Waals surface area contributed by atoms with Crippen LogP contribution >= 0.6 is 11.3 Å². The summed E-state index contributed by atoms with van der Waals surface area (Å²) in [6, 6.07) is 5.59. The first kappa shape index (κ1) is 15.6. The smallest absolute Gasteiger partial charge is 0.348 e. The summed E-state index contributed by atoms with van der Waals surface area (Å²) >= 11 is 1.31. The van der Waals surface area contributed by atoms with Gasteiger partial charge in [0.2, 0.25) is 6.79 Å². The quantitative estimate of drug-likeness (QED) is 0.718. The van der Waals surface area contributed by atoms with Gasteiger partial charge in [0.1, 0.15) is 21.3 Å². The number of carbonyl (C=O) groups is 1. The van der Waals surface area contributed by atoms with Crippen molar-refractivity contribution < 1.29 is 19.0 Å². The van der Waals surface area contributed by atoms with Crippen LogP contribution in [-0.2, 0) is 4.74 Å². The summed E-state index contributed by atoms with van der Waals surface area (Å²) < 4.78 is 15.6. The number of anilines is 2. The molecule has 0 saturated carbocycles. The molecule has 0 fully saturated rings. The second kappa shape index (κ2) is 5.89. The van der Waals surface area contributed by atoms with E-state index in [0.717, 1.165) is 21.5 Å². The molecule has 3 heterocycles. The Morgan fingerprint density at radius 3 is 2.84 bits per heavy atom. The van der Waals surface area contributed by atoms with Gasteiger partial charge in [-0.25, -0.2) is 14.8 Å². The first-order chi connectivity index (χ1) is 12.1. The summed E-state index contributed by atoms with van der Waals surface area (Å²) in [5.41, 5.74) is 1.61. The molecule has 0 spiro atoms. The molecule has 1 aromatic carbocycles. The van der Waals surface area contributed by atoms with Crippen molar-refractivity contribution in [2.45, 2.75) is 13.8 Å². The molecule has 0 atom stereocenters. The fourth-order valence-corrected chi connectivity index (χ4v) is 3.88. The Kier molecular flexibility index (Phi) is 3.69. The van der Waals surface area contributed by atoms with E-state index in [2.05, 4.69) is 15.3 Å². The number of esters is 1. The lowest BCUT2D eigenvalue weighted by Crippen LogP contribution is -2.01. The molecular weight excluding hydrogens is 342 g/mol. The largest absolute Gasteiger partial charge is 0.465 e. The van der Waals surface area contributed by atoms with Crippen LogP contribution in [0.15, 0.2) is 18.2 Å². The Morgan fingerprint density at radius 2 is 2.04 bits per heavy atom. The van der Waals surface area contributed by atoms with Crippen molar-refractivity contribution in [1.29, 1.82) is 0 Å². The Bertz CT molecular complexity index is 999. The van der Waals surface area contributed by atoms with Gasteiger partial charge < -0.3 is 19.5 Å². The van der Waals surface area contributed by atoms with Crippen LogP contribution in [-0.4, -0.2) is 29.8 Å².